The van der Waals surface area contributed by atoms with Crippen molar-refractivity contribution in [3.63, 3.8) is 0 Å². The van der Waals surface area contributed by atoms with E-state index < -0.39 is 5.41 Å². The Balaban J connectivity index is 2.79. The molecule has 102 valence electrons. The van der Waals surface area contributed by atoms with E-state index in [1.165, 1.54) is 0 Å². The van der Waals surface area contributed by atoms with Crippen LogP contribution in [0.25, 0.3) is 0 Å². The summed E-state index contributed by atoms with van der Waals surface area (Å²) in [6.45, 7) is 3.14. The van der Waals surface area contributed by atoms with E-state index in [0.29, 0.717) is 19.6 Å². The van der Waals surface area contributed by atoms with Crippen molar-refractivity contribution < 1.29 is 14.9 Å². The Bertz CT molecular complexity index is 351. The summed E-state index contributed by atoms with van der Waals surface area (Å²) in [5.41, 5.74) is 0.305. The molecule has 0 aromatic heterocycles. The molecule has 1 rings (SSSR count). The molecule has 0 aliphatic rings. The van der Waals surface area contributed by atoms with Crippen LogP contribution in [0.5, 0.6) is 0 Å². The quantitative estimate of drug-likeness (QED) is 0.724. The minimum Gasteiger partial charge on any atom is -0.395 e. The molecule has 0 fully saturated rings. The zero-order valence-electron chi connectivity index (χ0n) is 10.7. The number of hydrogen-bond donors (Lipinski definition) is 2. The van der Waals surface area contributed by atoms with Crippen LogP contribution in [0, 0.1) is 0 Å². The number of aliphatic hydroxyl groups is 2. The third-order valence-electron chi connectivity index (χ3n) is 3.12. The molecule has 3 nitrogen and oxygen atoms in total. The van der Waals surface area contributed by atoms with Gasteiger partial charge in [0.05, 0.1) is 13.2 Å². The van der Waals surface area contributed by atoms with Gasteiger partial charge in [0, 0.05) is 23.1 Å². The van der Waals surface area contributed by atoms with Gasteiger partial charge in [-0.3, -0.25) is 0 Å². The third kappa shape index (κ3) is 4.05. The van der Waals surface area contributed by atoms with E-state index in [4.69, 9.17) is 4.74 Å². The summed E-state index contributed by atoms with van der Waals surface area (Å²) in [6, 6.07) is 7.70. The van der Waals surface area contributed by atoms with Crippen molar-refractivity contribution in [3.8, 4) is 0 Å². The van der Waals surface area contributed by atoms with Crippen molar-refractivity contribution in [2.45, 2.75) is 25.2 Å². The molecule has 0 aliphatic heterocycles. The molecular weight excluding hydrogens is 296 g/mol. The molecule has 0 heterocycles. The van der Waals surface area contributed by atoms with Gasteiger partial charge in [0.1, 0.15) is 0 Å². The third-order valence-corrected chi connectivity index (χ3v) is 3.61. The highest BCUT2D eigenvalue weighted by molar-refractivity contribution is 9.10. The zero-order valence-corrected chi connectivity index (χ0v) is 12.3. The fourth-order valence-corrected chi connectivity index (χ4v) is 2.27. The second-order valence-corrected chi connectivity index (χ2v) is 5.38. The topological polar surface area (TPSA) is 49.7 Å². The van der Waals surface area contributed by atoms with Crippen molar-refractivity contribution in [2.24, 2.45) is 0 Å². The van der Waals surface area contributed by atoms with Gasteiger partial charge in [0.25, 0.3) is 0 Å². The molecule has 2 N–H and O–H groups in total. The number of hydrogen-bond acceptors (Lipinski definition) is 3. The van der Waals surface area contributed by atoms with Crippen LogP contribution in [-0.4, -0.2) is 36.6 Å². The molecule has 0 saturated heterocycles. The Labute approximate surface area is 117 Å². The first kappa shape index (κ1) is 15.6. The first-order chi connectivity index (χ1) is 8.68. The van der Waals surface area contributed by atoms with Gasteiger partial charge in [0.2, 0.25) is 0 Å². The normalized spacial score (nSPS) is 11.8. The standard InChI is InChI=1S/C14H21BrO3/c1-2-7-18-8-6-14(10-16,11-17)12-4-3-5-13(15)9-12/h3-5,9,16-17H,2,6-8,10-11H2,1H3. The van der Waals surface area contributed by atoms with Gasteiger partial charge >= 0.3 is 0 Å². The summed E-state index contributed by atoms with van der Waals surface area (Å²) in [5, 5.41) is 19.3. The Morgan fingerprint density at radius 1 is 1.22 bits per heavy atom. The lowest BCUT2D eigenvalue weighted by Gasteiger charge is -2.30. The predicted octanol–water partition coefficient (Wildman–Crippen LogP) is 2.49. The van der Waals surface area contributed by atoms with Crippen molar-refractivity contribution in [1.82, 2.24) is 0 Å². The molecule has 0 radical (unpaired) electrons. The highest BCUT2D eigenvalue weighted by Gasteiger charge is 2.30. The van der Waals surface area contributed by atoms with Crippen molar-refractivity contribution in [3.05, 3.63) is 34.3 Å². The van der Waals surface area contributed by atoms with Gasteiger partial charge < -0.3 is 14.9 Å². The summed E-state index contributed by atoms with van der Waals surface area (Å²) in [4.78, 5) is 0. The molecule has 18 heavy (non-hydrogen) atoms. The van der Waals surface area contributed by atoms with Crippen LogP contribution in [0.1, 0.15) is 25.3 Å². The van der Waals surface area contributed by atoms with Crippen LogP contribution in [0.4, 0.5) is 0 Å². The molecule has 1 aromatic rings. The van der Waals surface area contributed by atoms with Gasteiger partial charge in [-0.1, -0.05) is 35.0 Å². The maximum Gasteiger partial charge on any atom is 0.0550 e. The SMILES string of the molecule is CCCOCCC(CO)(CO)c1cccc(Br)c1. The number of benzene rings is 1. The number of aliphatic hydroxyl groups excluding tert-OH is 2. The van der Waals surface area contributed by atoms with Crippen molar-refractivity contribution >= 4 is 15.9 Å². The highest BCUT2D eigenvalue weighted by atomic mass is 79.9. The van der Waals surface area contributed by atoms with Crippen LogP contribution in [-0.2, 0) is 10.2 Å². The molecular formula is C14H21BrO3. The summed E-state index contributed by atoms with van der Waals surface area (Å²) in [6.07, 6.45) is 1.58. The molecule has 0 atom stereocenters. The van der Waals surface area contributed by atoms with Gasteiger partial charge in [0.15, 0.2) is 0 Å². The van der Waals surface area contributed by atoms with Gasteiger partial charge in [-0.2, -0.15) is 0 Å². The molecule has 0 spiro atoms. The van der Waals surface area contributed by atoms with E-state index >= 15 is 0 Å². The van der Waals surface area contributed by atoms with Crippen LogP contribution >= 0.6 is 15.9 Å². The van der Waals surface area contributed by atoms with E-state index in [0.717, 1.165) is 16.5 Å². The van der Waals surface area contributed by atoms with Gasteiger partial charge in [-0.15, -0.1) is 0 Å². The molecule has 0 amide bonds. The summed E-state index contributed by atoms with van der Waals surface area (Å²) >= 11 is 3.41. The van der Waals surface area contributed by atoms with Crippen LogP contribution < -0.4 is 0 Å². The molecule has 0 bridgehead atoms. The first-order valence-corrected chi connectivity index (χ1v) is 7.03. The molecule has 0 unspecified atom stereocenters. The molecule has 4 heteroatoms. The predicted molar refractivity (Wildman–Crippen MR) is 75.7 cm³/mol. The Kier molecular flexibility index (Phi) is 6.86. The van der Waals surface area contributed by atoms with E-state index in [-0.39, 0.29) is 13.2 Å². The highest BCUT2D eigenvalue weighted by Crippen LogP contribution is 2.29. The van der Waals surface area contributed by atoms with Crippen molar-refractivity contribution in [2.75, 3.05) is 26.4 Å². The number of ether oxygens (including phenoxy) is 1. The van der Waals surface area contributed by atoms with Gasteiger partial charge in [-0.05, 0) is 30.5 Å². The Morgan fingerprint density at radius 3 is 2.50 bits per heavy atom. The van der Waals surface area contributed by atoms with Crippen LogP contribution in [0.2, 0.25) is 0 Å². The minimum absolute atomic E-state index is 0.0879. The largest absolute Gasteiger partial charge is 0.395 e. The summed E-state index contributed by atoms with van der Waals surface area (Å²) in [7, 11) is 0. The first-order valence-electron chi connectivity index (χ1n) is 6.24. The maximum atomic E-state index is 9.65. The second-order valence-electron chi connectivity index (χ2n) is 4.47. The Hall–Kier alpha value is -0.420. The smallest absolute Gasteiger partial charge is 0.0550 e. The lowest BCUT2D eigenvalue weighted by molar-refractivity contribution is 0.0627. The average molecular weight is 317 g/mol. The molecule has 0 aliphatic carbocycles. The zero-order chi connectivity index (χ0) is 13.4. The van der Waals surface area contributed by atoms with E-state index in [1.807, 2.05) is 24.3 Å². The van der Waals surface area contributed by atoms with E-state index in [1.54, 1.807) is 0 Å². The van der Waals surface area contributed by atoms with E-state index in [2.05, 4.69) is 22.9 Å². The monoisotopic (exact) mass is 316 g/mol. The second kappa shape index (κ2) is 7.89. The Morgan fingerprint density at radius 2 is 1.94 bits per heavy atom. The number of rotatable bonds is 8. The maximum absolute atomic E-state index is 9.65. The minimum atomic E-state index is -0.627. The van der Waals surface area contributed by atoms with Crippen LogP contribution in [0.15, 0.2) is 28.7 Å². The molecule has 1 aromatic carbocycles. The fraction of sp³-hybridized carbons (Fsp3) is 0.571. The summed E-state index contributed by atoms with van der Waals surface area (Å²) in [5.74, 6) is 0. The van der Waals surface area contributed by atoms with Crippen LogP contribution in [0.3, 0.4) is 0 Å². The number of halogens is 1. The average Bonchev–Trinajstić information content (AvgIpc) is 2.40. The lowest BCUT2D eigenvalue weighted by Crippen LogP contribution is -2.36. The fourth-order valence-electron chi connectivity index (χ4n) is 1.87. The lowest BCUT2D eigenvalue weighted by atomic mass is 9.79. The summed E-state index contributed by atoms with van der Waals surface area (Å²) < 4.78 is 6.40. The molecule has 0 saturated carbocycles. The van der Waals surface area contributed by atoms with E-state index in [9.17, 15) is 10.2 Å². The van der Waals surface area contributed by atoms with Gasteiger partial charge in [-0.25, -0.2) is 0 Å². The van der Waals surface area contributed by atoms with Crippen molar-refractivity contribution in [1.29, 1.82) is 0 Å².